The number of rotatable bonds is 4. The highest BCUT2D eigenvalue weighted by atomic mass is 16.4. The highest BCUT2D eigenvalue weighted by Gasteiger charge is 2.16. The average Bonchev–Trinajstić information content (AvgIpc) is 2.59. The molecule has 6 heteroatoms. The van der Waals surface area contributed by atoms with Gasteiger partial charge in [-0.3, -0.25) is 14.3 Å². The van der Waals surface area contributed by atoms with E-state index < -0.39 is 5.97 Å². The molecule has 0 amide bonds. The Morgan fingerprint density at radius 1 is 1.32 bits per heavy atom. The Kier molecular flexibility index (Phi) is 3.41. The van der Waals surface area contributed by atoms with Gasteiger partial charge < -0.3 is 10.4 Å². The van der Waals surface area contributed by atoms with Gasteiger partial charge in [0.1, 0.15) is 12.2 Å². The van der Waals surface area contributed by atoms with Gasteiger partial charge in [0.05, 0.1) is 11.4 Å². The molecule has 19 heavy (non-hydrogen) atoms. The first kappa shape index (κ1) is 12.9. The van der Waals surface area contributed by atoms with Crippen molar-refractivity contribution in [1.29, 1.82) is 0 Å². The summed E-state index contributed by atoms with van der Waals surface area (Å²) < 4.78 is 3.20. The Labute approximate surface area is 109 Å². The number of aliphatic carboxylic acids is 1. The van der Waals surface area contributed by atoms with Crippen LogP contribution in [0, 0.1) is 6.92 Å². The van der Waals surface area contributed by atoms with Crippen LogP contribution in [0.1, 0.15) is 5.69 Å². The molecule has 0 aliphatic heterocycles. The molecule has 1 aromatic heterocycles. The minimum Gasteiger partial charge on any atom is -0.480 e. The number of para-hydroxylation sites is 1. The van der Waals surface area contributed by atoms with Gasteiger partial charge in [-0.2, -0.15) is 0 Å². The number of nitrogens with one attached hydrogen (secondary N) is 1. The van der Waals surface area contributed by atoms with Crippen molar-refractivity contribution in [3.8, 4) is 5.69 Å². The van der Waals surface area contributed by atoms with E-state index in [2.05, 4.69) is 5.32 Å². The summed E-state index contributed by atoms with van der Waals surface area (Å²) in [4.78, 5) is 22.9. The molecule has 0 aliphatic rings. The van der Waals surface area contributed by atoms with E-state index in [9.17, 15) is 9.59 Å². The monoisotopic (exact) mass is 261 g/mol. The van der Waals surface area contributed by atoms with Crippen LogP contribution in [0.5, 0.6) is 0 Å². The number of carbonyl (C=O) groups is 1. The number of nitrogens with zero attached hydrogens (tertiary/aromatic N) is 2. The van der Waals surface area contributed by atoms with Crippen LogP contribution in [-0.2, 0) is 11.8 Å². The molecule has 0 fully saturated rings. The molecule has 2 aromatic rings. The summed E-state index contributed by atoms with van der Waals surface area (Å²) in [6, 6.07) is 9.19. The van der Waals surface area contributed by atoms with Crippen LogP contribution < -0.4 is 10.9 Å². The van der Waals surface area contributed by atoms with E-state index in [0.717, 1.165) is 5.69 Å². The van der Waals surface area contributed by atoms with Crippen LogP contribution in [0.2, 0.25) is 0 Å². The van der Waals surface area contributed by atoms with Crippen LogP contribution in [0.3, 0.4) is 0 Å². The molecule has 0 saturated carbocycles. The van der Waals surface area contributed by atoms with Crippen molar-refractivity contribution in [3.05, 3.63) is 46.4 Å². The van der Waals surface area contributed by atoms with Crippen LogP contribution in [0.15, 0.2) is 35.1 Å². The maximum atomic E-state index is 12.3. The smallest absolute Gasteiger partial charge is 0.322 e. The van der Waals surface area contributed by atoms with Gasteiger partial charge >= 0.3 is 5.97 Å². The Morgan fingerprint density at radius 3 is 2.53 bits per heavy atom. The van der Waals surface area contributed by atoms with Crippen molar-refractivity contribution in [1.82, 2.24) is 9.36 Å². The van der Waals surface area contributed by atoms with Crippen molar-refractivity contribution in [2.24, 2.45) is 7.05 Å². The van der Waals surface area contributed by atoms with E-state index in [4.69, 9.17) is 5.11 Å². The molecule has 0 spiro atoms. The molecule has 0 aliphatic carbocycles. The number of carboxylic acid groups (broad SMARTS) is 1. The maximum absolute atomic E-state index is 12.3. The van der Waals surface area contributed by atoms with Gasteiger partial charge in [-0.05, 0) is 19.1 Å². The lowest BCUT2D eigenvalue weighted by atomic mass is 10.3. The summed E-state index contributed by atoms with van der Waals surface area (Å²) in [6.07, 6.45) is 0. The Morgan fingerprint density at radius 2 is 1.95 bits per heavy atom. The summed E-state index contributed by atoms with van der Waals surface area (Å²) in [7, 11) is 1.76. The van der Waals surface area contributed by atoms with Crippen LogP contribution in [0.4, 0.5) is 5.69 Å². The van der Waals surface area contributed by atoms with Crippen molar-refractivity contribution in [2.45, 2.75) is 6.92 Å². The third-order valence-electron chi connectivity index (χ3n) is 2.97. The molecule has 2 rings (SSSR count). The fraction of sp³-hybridized carbons (Fsp3) is 0.231. The third kappa shape index (κ3) is 2.37. The van der Waals surface area contributed by atoms with Gasteiger partial charge in [-0.1, -0.05) is 18.2 Å². The van der Waals surface area contributed by atoms with Gasteiger partial charge in [0.25, 0.3) is 5.56 Å². The number of hydrogen-bond donors (Lipinski definition) is 2. The van der Waals surface area contributed by atoms with Gasteiger partial charge in [0.15, 0.2) is 0 Å². The molecule has 0 saturated heterocycles. The SMILES string of the molecule is Cc1c(NCC(=O)O)c(=O)n(-c2ccccc2)n1C. The van der Waals surface area contributed by atoms with E-state index in [-0.39, 0.29) is 12.1 Å². The van der Waals surface area contributed by atoms with Crippen molar-refractivity contribution in [3.63, 3.8) is 0 Å². The van der Waals surface area contributed by atoms with Gasteiger partial charge in [-0.25, -0.2) is 4.68 Å². The Bertz CT molecular complexity index is 656. The van der Waals surface area contributed by atoms with Crippen molar-refractivity contribution >= 4 is 11.7 Å². The maximum Gasteiger partial charge on any atom is 0.322 e. The molecule has 6 nitrogen and oxygen atoms in total. The number of benzene rings is 1. The molecule has 0 unspecified atom stereocenters. The second kappa shape index (κ2) is 5.01. The Balaban J connectivity index is 2.50. The lowest BCUT2D eigenvalue weighted by molar-refractivity contribution is -0.134. The standard InChI is InChI=1S/C13H15N3O3/c1-9-12(14-8-11(17)18)13(19)16(15(9)2)10-6-4-3-5-7-10/h3-7,14H,8H2,1-2H3,(H,17,18). The fourth-order valence-corrected chi connectivity index (χ4v) is 1.94. The summed E-state index contributed by atoms with van der Waals surface area (Å²) in [6.45, 7) is 1.49. The van der Waals surface area contributed by atoms with E-state index in [0.29, 0.717) is 11.4 Å². The highest BCUT2D eigenvalue weighted by Crippen LogP contribution is 2.13. The minimum atomic E-state index is -1.01. The van der Waals surface area contributed by atoms with Crippen LogP contribution >= 0.6 is 0 Å². The molecule has 1 heterocycles. The van der Waals surface area contributed by atoms with Crippen LogP contribution in [0.25, 0.3) is 5.69 Å². The summed E-state index contributed by atoms with van der Waals surface area (Å²) >= 11 is 0. The van der Waals surface area contributed by atoms with Gasteiger partial charge in [0, 0.05) is 7.05 Å². The van der Waals surface area contributed by atoms with E-state index in [1.54, 1.807) is 18.7 Å². The predicted molar refractivity (Wildman–Crippen MR) is 71.9 cm³/mol. The first-order valence-electron chi connectivity index (χ1n) is 5.82. The lowest BCUT2D eigenvalue weighted by Gasteiger charge is -2.07. The Hall–Kier alpha value is -2.50. The molecular formula is C13H15N3O3. The topological polar surface area (TPSA) is 76.3 Å². The van der Waals surface area contributed by atoms with E-state index in [1.165, 1.54) is 4.68 Å². The second-order valence-corrected chi connectivity index (χ2v) is 4.18. The number of carboxylic acids is 1. The van der Waals surface area contributed by atoms with Crippen LogP contribution in [-0.4, -0.2) is 27.0 Å². The van der Waals surface area contributed by atoms with Crippen molar-refractivity contribution < 1.29 is 9.90 Å². The zero-order valence-corrected chi connectivity index (χ0v) is 10.8. The van der Waals surface area contributed by atoms with Gasteiger partial charge in [0.2, 0.25) is 0 Å². The van der Waals surface area contributed by atoms with Crippen molar-refractivity contribution in [2.75, 3.05) is 11.9 Å². The molecule has 1 aromatic carbocycles. The minimum absolute atomic E-state index is 0.257. The largest absolute Gasteiger partial charge is 0.480 e. The fourth-order valence-electron chi connectivity index (χ4n) is 1.94. The summed E-state index contributed by atoms with van der Waals surface area (Å²) in [5, 5.41) is 11.3. The van der Waals surface area contributed by atoms with E-state index >= 15 is 0 Å². The highest BCUT2D eigenvalue weighted by molar-refractivity contribution is 5.73. The van der Waals surface area contributed by atoms with E-state index in [1.807, 2.05) is 30.3 Å². The summed E-state index contributed by atoms with van der Waals surface area (Å²) in [5.41, 5.74) is 1.48. The molecule has 0 atom stereocenters. The zero-order valence-electron chi connectivity index (χ0n) is 10.8. The summed E-state index contributed by atoms with van der Waals surface area (Å²) in [5.74, 6) is -1.01. The number of hydrogen-bond acceptors (Lipinski definition) is 3. The lowest BCUT2D eigenvalue weighted by Crippen LogP contribution is -2.22. The molecule has 0 bridgehead atoms. The molecular weight excluding hydrogens is 246 g/mol. The third-order valence-corrected chi connectivity index (χ3v) is 2.97. The first-order chi connectivity index (χ1) is 9.02. The second-order valence-electron chi connectivity index (χ2n) is 4.18. The number of anilines is 1. The first-order valence-corrected chi connectivity index (χ1v) is 5.82. The average molecular weight is 261 g/mol. The quantitative estimate of drug-likeness (QED) is 0.860. The predicted octanol–water partition coefficient (Wildman–Crippen LogP) is 0.981. The molecule has 100 valence electrons. The normalized spacial score (nSPS) is 10.4. The zero-order chi connectivity index (χ0) is 14.0. The molecule has 2 N–H and O–H groups in total. The van der Waals surface area contributed by atoms with Gasteiger partial charge in [-0.15, -0.1) is 0 Å². The molecule has 0 radical (unpaired) electrons. The number of aromatic nitrogens is 2.